The normalized spacial score (nSPS) is 10.1. The third kappa shape index (κ3) is 2.13. The van der Waals surface area contributed by atoms with E-state index < -0.39 is 5.97 Å². The van der Waals surface area contributed by atoms with E-state index in [1.54, 1.807) is 30.3 Å². The number of nitrogen functional groups attached to an aromatic ring is 1. The summed E-state index contributed by atoms with van der Waals surface area (Å²) in [4.78, 5) is 10.9. The van der Waals surface area contributed by atoms with Crippen LogP contribution in [-0.4, -0.2) is 18.2 Å². The first-order valence-corrected chi connectivity index (χ1v) is 5.39. The van der Waals surface area contributed by atoms with Crippen LogP contribution >= 0.6 is 0 Å². The van der Waals surface area contributed by atoms with Crippen LogP contribution in [0.5, 0.6) is 5.75 Å². The average Bonchev–Trinajstić information content (AvgIpc) is 2.38. The van der Waals surface area contributed by atoms with Gasteiger partial charge in [-0.2, -0.15) is 0 Å². The molecule has 0 aliphatic carbocycles. The van der Waals surface area contributed by atoms with Gasteiger partial charge in [-0.3, -0.25) is 0 Å². The lowest BCUT2D eigenvalue weighted by Gasteiger charge is -2.11. The largest absolute Gasteiger partial charge is 0.494 e. The maximum absolute atomic E-state index is 10.9. The number of ether oxygens (including phenoxy) is 1. The highest BCUT2D eigenvalue weighted by molar-refractivity contribution is 5.90. The van der Waals surface area contributed by atoms with Crippen LogP contribution in [0.1, 0.15) is 10.4 Å². The number of hydrogen-bond acceptors (Lipinski definition) is 3. The summed E-state index contributed by atoms with van der Waals surface area (Å²) < 4.78 is 5.26. The standard InChI is InChI=1S/C14H13NO3/c1-18-13-11(6-3-7-12(13)15)9-4-2-5-10(8-9)14(16)17/h2-8H,15H2,1H3,(H,16,17). The molecule has 3 N–H and O–H groups in total. The van der Waals surface area contributed by atoms with Gasteiger partial charge in [0.1, 0.15) is 5.75 Å². The molecule has 0 aliphatic heterocycles. The molecule has 0 radical (unpaired) electrons. The second kappa shape index (κ2) is 4.79. The van der Waals surface area contributed by atoms with Crippen molar-refractivity contribution >= 4 is 11.7 Å². The molecule has 0 spiro atoms. The van der Waals surface area contributed by atoms with Crippen LogP contribution in [0.25, 0.3) is 11.1 Å². The molecule has 2 aromatic carbocycles. The van der Waals surface area contributed by atoms with Crippen molar-refractivity contribution in [2.45, 2.75) is 0 Å². The van der Waals surface area contributed by atoms with Crippen molar-refractivity contribution in [1.82, 2.24) is 0 Å². The van der Waals surface area contributed by atoms with Gasteiger partial charge in [0.2, 0.25) is 0 Å². The van der Waals surface area contributed by atoms with E-state index in [1.165, 1.54) is 7.11 Å². The number of carboxylic acid groups (broad SMARTS) is 1. The van der Waals surface area contributed by atoms with Gasteiger partial charge in [0.05, 0.1) is 18.4 Å². The Morgan fingerprint density at radius 2 is 1.94 bits per heavy atom. The lowest BCUT2D eigenvalue weighted by Crippen LogP contribution is -1.97. The van der Waals surface area contributed by atoms with Crippen LogP contribution in [0, 0.1) is 0 Å². The second-order valence-electron chi connectivity index (χ2n) is 3.81. The number of benzene rings is 2. The predicted molar refractivity (Wildman–Crippen MR) is 69.8 cm³/mol. The van der Waals surface area contributed by atoms with Gasteiger partial charge < -0.3 is 15.6 Å². The van der Waals surface area contributed by atoms with E-state index in [-0.39, 0.29) is 5.56 Å². The molecule has 4 nitrogen and oxygen atoms in total. The van der Waals surface area contributed by atoms with Crippen LogP contribution in [0.2, 0.25) is 0 Å². The van der Waals surface area contributed by atoms with Crippen molar-refractivity contribution in [1.29, 1.82) is 0 Å². The fourth-order valence-corrected chi connectivity index (χ4v) is 1.83. The van der Waals surface area contributed by atoms with Gasteiger partial charge in [-0.15, -0.1) is 0 Å². The summed E-state index contributed by atoms with van der Waals surface area (Å²) >= 11 is 0. The topological polar surface area (TPSA) is 72.5 Å². The zero-order valence-corrected chi connectivity index (χ0v) is 9.88. The van der Waals surface area contributed by atoms with Gasteiger partial charge in [-0.05, 0) is 23.8 Å². The van der Waals surface area contributed by atoms with Gasteiger partial charge in [0.15, 0.2) is 0 Å². The number of carboxylic acids is 1. The molecule has 0 fully saturated rings. The summed E-state index contributed by atoms with van der Waals surface area (Å²) in [5.41, 5.74) is 8.12. The van der Waals surface area contributed by atoms with Crippen LogP contribution in [0.15, 0.2) is 42.5 Å². The molecule has 0 atom stereocenters. The molecule has 0 amide bonds. The summed E-state index contributed by atoms with van der Waals surface area (Å²) in [7, 11) is 1.54. The molecular weight excluding hydrogens is 230 g/mol. The summed E-state index contributed by atoms with van der Waals surface area (Å²) in [6, 6.07) is 12.1. The van der Waals surface area contributed by atoms with Crippen LogP contribution < -0.4 is 10.5 Å². The number of rotatable bonds is 3. The summed E-state index contributed by atoms with van der Waals surface area (Å²) in [5, 5.41) is 8.98. The molecule has 18 heavy (non-hydrogen) atoms. The van der Waals surface area contributed by atoms with Crippen molar-refractivity contribution in [3.05, 3.63) is 48.0 Å². The van der Waals surface area contributed by atoms with Crippen molar-refractivity contribution in [3.63, 3.8) is 0 Å². The highest BCUT2D eigenvalue weighted by atomic mass is 16.5. The van der Waals surface area contributed by atoms with Gasteiger partial charge >= 0.3 is 5.97 Å². The van der Waals surface area contributed by atoms with Gasteiger partial charge in [-0.1, -0.05) is 24.3 Å². The maximum atomic E-state index is 10.9. The number of carbonyl (C=O) groups is 1. The summed E-state index contributed by atoms with van der Waals surface area (Å²) in [6.45, 7) is 0. The Bertz CT molecular complexity index is 593. The molecule has 2 rings (SSSR count). The number of para-hydroxylation sites is 1. The highest BCUT2D eigenvalue weighted by Crippen LogP contribution is 2.34. The van der Waals surface area contributed by atoms with Gasteiger partial charge in [0.25, 0.3) is 0 Å². The first-order valence-electron chi connectivity index (χ1n) is 5.39. The first-order chi connectivity index (χ1) is 8.63. The van der Waals surface area contributed by atoms with E-state index in [0.29, 0.717) is 11.4 Å². The van der Waals surface area contributed by atoms with Crippen molar-refractivity contribution in [3.8, 4) is 16.9 Å². The molecule has 0 heterocycles. The maximum Gasteiger partial charge on any atom is 0.335 e. The lowest BCUT2D eigenvalue weighted by atomic mass is 10.0. The molecular formula is C14H13NO3. The third-order valence-electron chi connectivity index (χ3n) is 2.67. The first kappa shape index (κ1) is 12.0. The van der Waals surface area contributed by atoms with Crippen molar-refractivity contribution in [2.75, 3.05) is 12.8 Å². The molecule has 0 aromatic heterocycles. The quantitative estimate of drug-likeness (QED) is 0.813. The number of nitrogens with two attached hydrogens (primary N) is 1. The minimum absolute atomic E-state index is 0.233. The zero-order chi connectivity index (χ0) is 13.1. The average molecular weight is 243 g/mol. The molecule has 0 bridgehead atoms. The van der Waals surface area contributed by atoms with E-state index in [0.717, 1.165) is 11.1 Å². The van der Waals surface area contributed by atoms with Crippen molar-refractivity contribution in [2.24, 2.45) is 0 Å². The molecule has 92 valence electrons. The van der Waals surface area contributed by atoms with Crippen molar-refractivity contribution < 1.29 is 14.6 Å². The minimum atomic E-state index is -0.959. The SMILES string of the molecule is COc1c(N)cccc1-c1cccc(C(=O)O)c1. The highest BCUT2D eigenvalue weighted by Gasteiger charge is 2.10. The molecule has 4 heteroatoms. The third-order valence-corrected chi connectivity index (χ3v) is 2.67. The fraction of sp³-hybridized carbons (Fsp3) is 0.0714. The predicted octanol–water partition coefficient (Wildman–Crippen LogP) is 2.64. The van der Waals surface area contributed by atoms with Crippen LogP contribution in [0.3, 0.4) is 0 Å². The fourth-order valence-electron chi connectivity index (χ4n) is 1.83. The Morgan fingerprint density at radius 3 is 2.61 bits per heavy atom. The number of hydrogen-bond donors (Lipinski definition) is 2. The zero-order valence-electron chi connectivity index (χ0n) is 9.88. The number of anilines is 1. The minimum Gasteiger partial charge on any atom is -0.494 e. The van der Waals surface area contributed by atoms with Crippen LogP contribution in [-0.2, 0) is 0 Å². The summed E-state index contributed by atoms with van der Waals surface area (Å²) in [6.07, 6.45) is 0. The Kier molecular flexibility index (Phi) is 3.19. The van der Waals surface area contributed by atoms with Crippen LogP contribution in [0.4, 0.5) is 5.69 Å². The Labute approximate surface area is 105 Å². The van der Waals surface area contributed by atoms with Gasteiger partial charge in [0, 0.05) is 5.56 Å². The molecule has 0 saturated heterocycles. The molecule has 0 unspecified atom stereocenters. The van der Waals surface area contributed by atoms with Gasteiger partial charge in [-0.25, -0.2) is 4.79 Å². The van der Waals surface area contributed by atoms with E-state index in [1.807, 2.05) is 12.1 Å². The summed E-state index contributed by atoms with van der Waals surface area (Å²) in [5.74, 6) is -0.403. The molecule has 0 aliphatic rings. The Balaban J connectivity index is 2.58. The second-order valence-corrected chi connectivity index (χ2v) is 3.81. The number of aromatic carboxylic acids is 1. The number of methoxy groups -OCH3 is 1. The monoisotopic (exact) mass is 243 g/mol. The Morgan fingerprint density at radius 1 is 1.22 bits per heavy atom. The van der Waals surface area contributed by atoms with E-state index >= 15 is 0 Å². The molecule has 2 aromatic rings. The van der Waals surface area contributed by atoms with E-state index in [4.69, 9.17) is 15.6 Å². The smallest absolute Gasteiger partial charge is 0.335 e. The van der Waals surface area contributed by atoms with E-state index in [2.05, 4.69) is 0 Å². The molecule has 0 saturated carbocycles. The van der Waals surface area contributed by atoms with E-state index in [9.17, 15) is 4.79 Å². The Hall–Kier alpha value is -2.49. The lowest BCUT2D eigenvalue weighted by molar-refractivity contribution is 0.0697.